The summed E-state index contributed by atoms with van der Waals surface area (Å²) in [6.45, 7) is 11.9. The van der Waals surface area contributed by atoms with Crippen LogP contribution in [0, 0.1) is 5.92 Å². The van der Waals surface area contributed by atoms with Crippen LogP contribution >= 0.6 is 0 Å². The van der Waals surface area contributed by atoms with E-state index in [1.54, 1.807) is 0 Å². The molecule has 1 heterocycles. The van der Waals surface area contributed by atoms with Gasteiger partial charge in [0.15, 0.2) is 0 Å². The smallest absolute Gasteiger partial charge is 0.119 e. The van der Waals surface area contributed by atoms with Gasteiger partial charge < -0.3 is 14.7 Å². The van der Waals surface area contributed by atoms with Gasteiger partial charge in [-0.3, -0.25) is 0 Å². The highest BCUT2D eigenvalue weighted by atomic mass is 16.5. The third-order valence-corrected chi connectivity index (χ3v) is 4.21. The Kier molecular flexibility index (Phi) is 6.47. The molecule has 0 aromatic heterocycles. The highest BCUT2D eigenvalue weighted by molar-refractivity contribution is 5.28. The van der Waals surface area contributed by atoms with E-state index in [-0.39, 0.29) is 0 Å². The number of rotatable bonds is 7. The zero-order valence-corrected chi connectivity index (χ0v) is 13.9. The first-order valence-electron chi connectivity index (χ1n) is 8.32. The molecule has 1 fully saturated rings. The molecule has 0 amide bonds. The molecule has 1 saturated heterocycles. The van der Waals surface area contributed by atoms with E-state index < -0.39 is 6.10 Å². The average Bonchev–Trinajstić information content (AvgIpc) is 2.51. The first kappa shape index (κ1) is 17.0. The summed E-state index contributed by atoms with van der Waals surface area (Å²) in [6, 6.07) is 7.75. The molecule has 0 aliphatic carbocycles. The molecule has 2 rings (SSSR count). The Morgan fingerprint density at radius 2 is 2.14 bits per heavy atom. The zero-order valence-electron chi connectivity index (χ0n) is 13.9. The van der Waals surface area contributed by atoms with E-state index in [0.29, 0.717) is 6.61 Å². The lowest BCUT2D eigenvalue weighted by molar-refractivity contribution is 0.122. The number of hydrogen-bond acceptors (Lipinski definition) is 3. The van der Waals surface area contributed by atoms with E-state index in [4.69, 9.17) is 4.74 Å². The Labute approximate surface area is 134 Å². The van der Waals surface area contributed by atoms with E-state index >= 15 is 0 Å². The van der Waals surface area contributed by atoms with Crippen molar-refractivity contribution < 1.29 is 9.84 Å². The molecule has 0 saturated carbocycles. The molecule has 1 aliphatic heterocycles. The van der Waals surface area contributed by atoms with Crippen molar-refractivity contribution in [2.75, 3.05) is 26.2 Å². The summed E-state index contributed by atoms with van der Waals surface area (Å²) in [5.41, 5.74) is 1.97. The maximum atomic E-state index is 10.3. The van der Waals surface area contributed by atoms with Gasteiger partial charge in [0.25, 0.3) is 0 Å². The van der Waals surface area contributed by atoms with Gasteiger partial charge in [-0.05, 0) is 61.9 Å². The average molecular weight is 303 g/mol. The maximum Gasteiger partial charge on any atom is 0.119 e. The standard InChI is InChI=1S/C19H29NO2/c1-15(2)14-22-18-8-6-17(7-9-18)19(21)10-12-20-11-4-5-16(3)13-20/h6-9,16,19,21H,1,4-5,10-14H2,2-3H3. The van der Waals surface area contributed by atoms with Crippen LogP contribution in [0.2, 0.25) is 0 Å². The lowest BCUT2D eigenvalue weighted by atomic mass is 9.99. The molecule has 122 valence electrons. The highest BCUT2D eigenvalue weighted by Crippen LogP contribution is 2.22. The summed E-state index contributed by atoms with van der Waals surface area (Å²) < 4.78 is 5.58. The fourth-order valence-corrected chi connectivity index (χ4v) is 2.95. The van der Waals surface area contributed by atoms with Gasteiger partial charge in [-0.15, -0.1) is 0 Å². The van der Waals surface area contributed by atoms with E-state index in [2.05, 4.69) is 18.4 Å². The number of likely N-dealkylation sites (tertiary alicyclic amines) is 1. The fraction of sp³-hybridized carbons (Fsp3) is 0.579. The summed E-state index contributed by atoms with van der Waals surface area (Å²) in [4.78, 5) is 2.47. The lowest BCUT2D eigenvalue weighted by Gasteiger charge is -2.31. The van der Waals surface area contributed by atoms with Crippen LogP contribution in [0.1, 0.15) is 44.8 Å². The number of nitrogens with zero attached hydrogens (tertiary/aromatic N) is 1. The third-order valence-electron chi connectivity index (χ3n) is 4.21. The van der Waals surface area contributed by atoms with Crippen molar-refractivity contribution in [3.8, 4) is 5.75 Å². The Hall–Kier alpha value is -1.32. The zero-order chi connectivity index (χ0) is 15.9. The topological polar surface area (TPSA) is 32.7 Å². The third kappa shape index (κ3) is 5.47. The summed E-state index contributed by atoms with van der Waals surface area (Å²) in [7, 11) is 0. The Bertz CT molecular complexity index is 469. The van der Waals surface area contributed by atoms with Crippen LogP contribution < -0.4 is 4.74 Å². The van der Waals surface area contributed by atoms with Gasteiger partial charge in [0, 0.05) is 13.1 Å². The van der Waals surface area contributed by atoms with Crippen LogP contribution in [0.25, 0.3) is 0 Å². The van der Waals surface area contributed by atoms with Crippen molar-refractivity contribution >= 4 is 0 Å². The second-order valence-electron chi connectivity index (χ2n) is 6.67. The van der Waals surface area contributed by atoms with E-state index in [1.807, 2.05) is 31.2 Å². The Morgan fingerprint density at radius 1 is 1.41 bits per heavy atom. The number of aliphatic hydroxyl groups excluding tert-OH is 1. The number of ether oxygens (including phenoxy) is 1. The van der Waals surface area contributed by atoms with Gasteiger partial charge in [0.05, 0.1) is 6.10 Å². The second kappa shape index (κ2) is 8.35. The van der Waals surface area contributed by atoms with Crippen molar-refractivity contribution in [2.45, 2.75) is 39.2 Å². The normalized spacial score (nSPS) is 20.6. The minimum absolute atomic E-state index is 0.396. The van der Waals surface area contributed by atoms with Crippen molar-refractivity contribution in [2.24, 2.45) is 5.92 Å². The molecular weight excluding hydrogens is 274 g/mol. The van der Waals surface area contributed by atoms with Crippen molar-refractivity contribution in [1.29, 1.82) is 0 Å². The maximum absolute atomic E-state index is 10.3. The Balaban J connectivity index is 1.79. The van der Waals surface area contributed by atoms with Crippen LogP contribution in [-0.2, 0) is 0 Å². The molecule has 0 bridgehead atoms. The van der Waals surface area contributed by atoms with Crippen molar-refractivity contribution in [3.63, 3.8) is 0 Å². The van der Waals surface area contributed by atoms with E-state index in [0.717, 1.165) is 35.8 Å². The molecule has 1 aromatic carbocycles. The molecule has 3 heteroatoms. The largest absolute Gasteiger partial charge is 0.489 e. The SMILES string of the molecule is C=C(C)COc1ccc(C(O)CCN2CCCC(C)C2)cc1. The van der Waals surface area contributed by atoms with Gasteiger partial charge >= 0.3 is 0 Å². The highest BCUT2D eigenvalue weighted by Gasteiger charge is 2.17. The first-order valence-corrected chi connectivity index (χ1v) is 8.32. The number of hydrogen-bond donors (Lipinski definition) is 1. The molecule has 3 nitrogen and oxygen atoms in total. The quantitative estimate of drug-likeness (QED) is 0.778. The van der Waals surface area contributed by atoms with Gasteiger partial charge in [-0.25, -0.2) is 0 Å². The van der Waals surface area contributed by atoms with Gasteiger partial charge in [-0.2, -0.15) is 0 Å². The Morgan fingerprint density at radius 3 is 2.77 bits per heavy atom. The summed E-state index contributed by atoms with van der Waals surface area (Å²) in [5, 5.41) is 10.3. The lowest BCUT2D eigenvalue weighted by Crippen LogP contribution is -2.35. The van der Waals surface area contributed by atoms with E-state index in [9.17, 15) is 5.11 Å². The summed E-state index contributed by atoms with van der Waals surface area (Å²) in [5.74, 6) is 1.61. The molecule has 0 spiro atoms. The molecule has 2 unspecified atom stereocenters. The summed E-state index contributed by atoms with van der Waals surface area (Å²) in [6.07, 6.45) is 3.02. The molecular formula is C19H29NO2. The predicted molar refractivity (Wildman–Crippen MR) is 91.2 cm³/mol. The van der Waals surface area contributed by atoms with Gasteiger partial charge in [-0.1, -0.05) is 25.6 Å². The fourth-order valence-electron chi connectivity index (χ4n) is 2.95. The molecule has 2 atom stereocenters. The second-order valence-corrected chi connectivity index (χ2v) is 6.67. The molecule has 1 aliphatic rings. The predicted octanol–water partition coefficient (Wildman–Crippen LogP) is 3.80. The van der Waals surface area contributed by atoms with Crippen LogP contribution in [0.3, 0.4) is 0 Å². The van der Waals surface area contributed by atoms with Gasteiger partial charge in [0.1, 0.15) is 12.4 Å². The van der Waals surface area contributed by atoms with Crippen molar-refractivity contribution in [1.82, 2.24) is 4.90 Å². The number of benzene rings is 1. The number of piperidine rings is 1. The van der Waals surface area contributed by atoms with Crippen LogP contribution in [0.15, 0.2) is 36.4 Å². The molecule has 1 N–H and O–H groups in total. The first-order chi connectivity index (χ1) is 10.5. The van der Waals surface area contributed by atoms with Crippen LogP contribution in [-0.4, -0.2) is 36.2 Å². The monoisotopic (exact) mass is 303 g/mol. The minimum Gasteiger partial charge on any atom is -0.489 e. The van der Waals surface area contributed by atoms with Crippen LogP contribution in [0.4, 0.5) is 0 Å². The molecule has 0 radical (unpaired) electrons. The van der Waals surface area contributed by atoms with Crippen LogP contribution in [0.5, 0.6) is 5.75 Å². The van der Waals surface area contributed by atoms with Crippen molar-refractivity contribution in [3.05, 3.63) is 42.0 Å². The number of aliphatic hydroxyl groups is 1. The summed E-state index contributed by atoms with van der Waals surface area (Å²) >= 11 is 0. The molecule has 22 heavy (non-hydrogen) atoms. The van der Waals surface area contributed by atoms with Gasteiger partial charge in [0.2, 0.25) is 0 Å². The minimum atomic E-state index is -0.396. The molecule has 1 aromatic rings. The van der Waals surface area contributed by atoms with E-state index in [1.165, 1.54) is 25.9 Å².